The minimum Gasteiger partial charge on any atom is -0.344 e. The van der Waals surface area contributed by atoms with Crippen molar-refractivity contribution in [1.29, 1.82) is 0 Å². The Morgan fingerprint density at radius 3 is 2.67 bits per heavy atom. The molecular formula is C8H6F2NO. The molecule has 2 nitrogen and oxygen atoms in total. The van der Waals surface area contributed by atoms with E-state index in [-0.39, 0.29) is 6.54 Å². The van der Waals surface area contributed by atoms with Crippen molar-refractivity contribution < 1.29 is 13.6 Å². The molecule has 63 valence electrons. The molecule has 1 N–H and O–H groups in total. The zero-order valence-corrected chi connectivity index (χ0v) is 6.10. The predicted octanol–water partition coefficient (Wildman–Crippen LogP) is 1.12. The van der Waals surface area contributed by atoms with Crippen molar-refractivity contribution >= 4 is 6.41 Å². The van der Waals surface area contributed by atoms with Gasteiger partial charge in [-0.15, -0.1) is 0 Å². The monoisotopic (exact) mass is 170 g/mol. The summed E-state index contributed by atoms with van der Waals surface area (Å²) in [7, 11) is 0. The fourth-order valence-corrected chi connectivity index (χ4v) is 0.788. The van der Waals surface area contributed by atoms with Crippen LogP contribution in [0.4, 0.5) is 8.78 Å². The van der Waals surface area contributed by atoms with Gasteiger partial charge in [-0.25, -0.2) is 8.78 Å². The minimum atomic E-state index is -0.916. The van der Waals surface area contributed by atoms with Crippen LogP contribution in [0.25, 0.3) is 0 Å². The Bertz CT molecular complexity index is 288. The van der Waals surface area contributed by atoms with E-state index in [0.29, 0.717) is 5.56 Å². The Morgan fingerprint density at radius 2 is 2.08 bits per heavy atom. The molecule has 1 amide bonds. The highest BCUT2D eigenvalue weighted by atomic mass is 19.2. The zero-order valence-electron chi connectivity index (χ0n) is 6.10. The topological polar surface area (TPSA) is 29.1 Å². The van der Waals surface area contributed by atoms with Crippen molar-refractivity contribution in [3.05, 3.63) is 35.4 Å². The quantitative estimate of drug-likeness (QED) is 0.676. The Morgan fingerprint density at radius 1 is 1.33 bits per heavy atom. The largest absolute Gasteiger partial charge is 0.344 e. The van der Waals surface area contributed by atoms with Crippen molar-refractivity contribution in [1.82, 2.24) is 5.32 Å². The fourth-order valence-electron chi connectivity index (χ4n) is 0.788. The molecule has 1 aromatic carbocycles. The first-order chi connectivity index (χ1) is 5.74. The van der Waals surface area contributed by atoms with Crippen LogP contribution in [-0.2, 0) is 11.3 Å². The normalized spacial score (nSPS) is 9.50. The van der Waals surface area contributed by atoms with Gasteiger partial charge in [-0.05, 0) is 17.7 Å². The molecule has 0 aliphatic heterocycles. The lowest BCUT2D eigenvalue weighted by Gasteiger charge is -1.99. The number of rotatable bonds is 3. The summed E-state index contributed by atoms with van der Waals surface area (Å²) in [5, 5.41) is 2.22. The molecule has 0 spiro atoms. The average Bonchev–Trinajstić information content (AvgIpc) is 2.07. The SMILES string of the molecule is O=[C]NCc1ccc(F)c(F)c1. The van der Waals surface area contributed by atoms with E-state index in [1.807, 2.05) is 0 Å². The summed E-state index contributed by atoms with van der Waals surface area (Å²) in [5.74, 6) is -1.81. The van der Waals surface area contributed by atoms with Crippen LogP contribution in [0.3, 0.4) is 0 Å². The summed E-state index contributed by atoms with van der Waals surface area (Å²) in [5.41, 5.74) is 0.497. The van der Waals surface area contributed by atoms with Crippen LogP contribution in [-0.4, -0.2) is 6.41 Å². The summed E-state index contributed by atoms with van der Waals surface area (Å²) in [4.78, 5) is 9.73. The lowest BCUT2D eigenvalue weighted by atomic mass is 10.2. The minimum absolute atomic E-state index is 0.153. The molecule has 1 radical (unpaired) electrons. The Hall–Kier alpha value is -1.45. The van der Waals surface area contributed by atoms with Crippen molar-refractivity contribution in [3.8, 4) is 0 Å². The maximum atomic E-state index is 12.5. The summed E-state index contributed by atoms with van der Waals surface area (Å²) in [6, 6.07) is 3.43. The van der Waals surface area contributed by atoms with Crippen molar-refractivity contribution in [2.75, 3.05) is 0 Å². The number of hydrogen-bond acceptors (Lipinski definition) is 1. The highest BCUT2D eigenvalue weighted by Crippen LogP contribution is 2.07. The van der Waals surface area contributed by atoms with Crippen LogP contribution in [0.1, 0.15) is 5.56 Å². The van der Waals surface area contributed by atoms with Gasteiger partial charge in [-0.3, -0.25) is 4.79 Å². The highest BCUT2D eigenvalue weighted by molar-refractivity contribution is 5.47. The Balaban J connectivity index is 2.75. The molecule has 0 saturated carbocycles. The fraction of sp³-hybridized carbons (Fsp3) is 0.125. The van der Waals surface area contributed by atoms with E-state index in [1.54, 1.807) is 0 Å². The van der Waals surface area contributed by atoms with Gasteiger partial charge in [0.15, 0.2) is 11.6 Å². The lowest BCUT2D eigenvalue weighted by molar-refractivity contribution is 0.506. The van der Waals surface area contributed by atoms with Gasteiger partial charge in [0.25, 0.3) is 0 Å². The first-order valence-corrected chi connectivity index (χ1v) is 3.28. The third kappa shape index (κ3) is 2.02. The third-order valence-electron chi connectivity index (χ3n) is 1.35. The second kappa shape index (κ2) is 3.80. The van der Waals surface area contributed by atoms with Gasteiger partial charge < -0.3 is 5.32 Å². The van der Waals surface area contributed by atoms with Gasteiger partial charge >= 0.3 is 6.41 Å². The molecule has 0 bridgehead atoms. The number of carbonyl (C=O) groups excluding carboxylic acids is 1. The van der Waals surface area contributed by atoms with Gasteiger partial charge in [0.05, 0.1) is 0 Å². The van der Waals surface area contributed by atoms with Crippen LogP contribution in [0.2, 0.25) is 0 Å². The van der Waals surface area contributed by atoms with E-state index < -0.39 is 11.6 Å². The van der Waals surface area contributed by atoms with E-state index in [2.05, 4.69) is 5.32 Å². The summed E-state index contributed by atoms with van der Waals surface area (Å²) in [6.45, 7) is 0.153. The Kier molecular flexibility index (Phi) is 2.74. The first-order valence-electron chi connectivity index (χ1n) is 3.28. The van der Waals surface area contributed by atoms with Gasteiger partial charge in [0, 0.05) is 6.54 Å². The molecule has 0 aliphatic carbocycles. The van der Waals surface area contributed by atoms with Crippen LogP contribution in [0.15, 0.2) is 18.2 Å². The molecule has 1 aromatic rings. The van der Waals surface area contributed by atoms with Crippen LogP contribution in [0, 0.1) is 11.6 Å². The predicted molar refractivity (Wildman–Crippen MR) is 38.9 cm³/mol. The third-order valence-corrected chi connectivity index (χ3v) is 1.35. The maximum absolute atomic E-state index is 12.5. The van der Waals surface area contributed by atoms with Gasteiger partial charge in [-0.2, -0.15) is 0 Å². The molecular weight excluding hydrogens is 164 g/mol. The standard InChI is InChI=1S/C8H6F2NO/c9-7-2-1-6(3-8(7)10)4-11-5-12/h1-3H,4H2,(H,11,12). The van der Waals surface area contributed by atoms with Crippen molar-refractivity contribution in [2.24, 2.45) is 0 Å². The number of halogens is 2. The highest BCUT2D eigenvalue weighted by Gasteiger charge is 2.01. The van der Waals surface area contributed by atoms with Gasteiger partial charge in [0.1, 0.15) is 0 Å². The molecule has 0 heterocycles. The van der Waals surface area contributed by atoms with Crippen LogP contribution >= 0.6 is 0 Å². The molecule has 0 atom stereocenters. The Labute approximate surface area is 68.2 Å². The summed E-state index contributed by atoms with van der Waals surface area (Å²) < 4.78 is 24.9. The summed E-state index contributed by atoms with van der Waals surface area (Å²) in [6.07, 6.45) is 1.43. The molecule has 0 aliphatic rings. The molecule has 0 fully saturated rings. The second-order valence-corrected chi connectivity index (χ2v) is 2.20. The van der Waals surface area contributed by atoms with E-state index in [4.69, 9.17) is 0 Å². The van der Waals surface area contributed by atoms with Gasteiger partial charge in [-0.1, -0.05) is 6.07 Å². The second-order valence-electron chi connectivity index (χ2n) is 2.20. The van der Waals surface area contributed by atoms with E-state index in [1.165, 1.54) is 12.5 Å². The average molecular weight is 170 g/mol. The molecule has 12 heavy (non-hydrogen) atoms. The molecule has 0 aromatic heterocycles. The van der Waals surface area contributed by atoms with E-state index >= 15 is 0 Å². The zero-order chi connectivity index (χ0) is 8.97. The molecule has 4 heteroatoms. The van der Waals surface area contributed by atoms with Crippen molar-refractivity contribution in [3.63, 3.8) is 0 Å². The first kappa shape index (κ1) is 8.64. The van der Waals surface area contributed by atoms with Crippen LogP contribution in [0.5, 0.6) is 0 Å². The van der Waals surface area contributed by atoms with Crippen LogP contribution < -0.4 is 5.32 Å². The van der Waals surface area contributed by atoms with Gasteiger partial charge in [0.2, 0.25) is 0 Å². The van der Waals surface area contributed by atoms with E-state index in [0.717, 1.165) is 12.1 Å². The molecule has 0 saturated heterocycles. The lowest BCUT2D eigenvalue weighted by Crippen LogP contribution is -2.09. The number of amides is 1. The smallest absolute Gasteiger partial charge is 0.309 e. The molecule has 1 rings (SSSR count). The number of hydrogen-bond donors (Lipinski definition) is 1. The van der Waals surface area contributed by atoms with Crippen molar-refractivity contribution in [2.45, 2.75) is 6.54 Å². The number of nitrogens with one attached hydrogen (secondary N) is 1. The maximum Gasteiger partial charge on any atom is 0.309 e. The number of benzene rings is 1. The van der Waals surface area contributed by atoms with E-state index in [9.17, 15) is 13.6 Å². The summed E-state index contributed by atoms with van der Waals surface area (Å²) >= 11 is 0. The molecule has 0 unspecified atom stereocenters.